The second-order valence-corrected chi connectivity index (χ2v) is 7.47. The van der Waals surface area contributed by atoms with E-state index >= 15 is 0 Å². The van der Waals surface area contributed by atoms with Crippen molar-refractivity contribution in [2.75, 3.05) is 38.8 Å². The zero-order valence-corrected chi connectivity index (χ0v) is 18.2. The Bertz CT molecular complexity index is 913. The van der Waals surface area contributed by atoms with Crippen LogP contribution in [0, 0.1) is 0 Å². The highest BCUT2D eigenvalue weighted by Crippen LogP contribution is 2.33. The van der Waals surface area contributed by atoms with Crippen molar-refractivity contribution in [2.24, 2.45) is 0 Å². The standard InChI is InChI=1S/C23H28N2O6/c1-15(2)16-5-8-18(9-6-16)30-14-22(26)24-12-19-13-25(23(27)31-19)17-7-10-20(28-3)21(11-17)29-4/h5-11,15,19H,12-14H2,1-4H3,(H,24,26). The maximum atomic E-state index is 12.3. The number of nitrogens with one attached hydrogen (secondary N) is 1. The van der Waals surface area contributed by atoms with Gasteiger partial charge in [0.25, 0.3) is 5.91 Å². The first-order valence-electron chi connectivity index (χ1n) is 10.1. The summed E-state index contributed by atoms with van der Waals surface area (Å²) in [5, 5.41) is 2.75. The second kappa shape index (κ2) is 10.1. The van der Waals surface area contributed by atoms with Gasteiger partial charge in [0, 0.05) is 6.07 Å². The summed E-state index contributed by atoms with van der Waals surface area (Å²) < 4.78 is 21.4. The Balaban J connectivity index is 1.48. The van der Waals surface area contributed by atoms with Crippen LogP contribution < -0.4 is 24.4 Å². The first-order valence-corrected chi connectivity index (χ1v) is 10.1. The minimum atomic E-state index is -0.479. The molecule has 1 heterocycles. The van der Waals surface area contributed by atoms with E-state index in [2.05, 4.69) is 19.2 Å². The normalized spacial score (nSPS) is 15.6. The molecule has 0 spiro atoms. The van der Waals surface area contributed by atoms with Crippen LogP contribution in [-0.4, -0.2) is 52.0 Å². The van der Waals surface area contributed by atoms with Gasteiger partial charge < -0.3 is 24.3 Å². The molecule has 31 heavy (non-hydrogen) atoms. The molecule has 166 valence electrons. The summed E-state index contributed by atoms with van der Waals surface area (Å²) >= 11 is 0. The first-order chi connectivity index (χ1) is 14.9. The summed E-state index contributed by atoms with van der Waals surface area (Å²) in [7, 11) is 3.08. The molecule has 1 fully saturated rings. The molecule has 0 aromatic heterocycles. The van der Waals surface area contributed by atoms with Crippen molar-refractivity contribution in [3.8, 4) is 17.2 Å². The van der Waals surface area contributed by atoms with Gasteiger partial charge in [0.15, 0.2) is 18.1 Å². The van der Waals surface area contributed by atoms with Gasteiger partial charge in [0.05, 0.1) is 33.0 Å². The Labute approximate surface area is 182 Å². The van der Waals surface area contributed by atoms with Gasteiger partial charge in [-0.05, 0) is 35.7 Å². The molecule has 2 aromatic rings. The number of rotatable bonds is 9. The Kier molecular flexibility index (Phi) is 7.23. The zero-order chi connectivity index (χ0) is 22.4. The van der Waals surface area contributed by atoms with E-state index in [-0.39, 0.29) is 19.1 Å². The molecule has 1 N–H and O–H groups in total. The molecule has 8 heteroatoms. The number of methoxy groups -OCH3 is 2. The van der Waals surface area contributed by atoms with Crippen molar-refractivity contribution in [1.82, 2.24) is 5.32 Å². The predicted molar refractivity (Wildman–Crippen MR) is 116 cm³/mol. The summed E-state index contributed by atoms with van der Waals surface area (Å²) in [4.78, 5) is 25.9. The third-order valence-corrected chi connectivity index (χ3v) is 5.00. The lowest BCUT2D eigenvalue weighted by Crippen LogP contribution is -2.37. The van der Waals surface area contributed by atoms with Crippen molar-refractivity contribution in [1.29, 1.82) is 0 Å². The van der Waals surface area contributed by atoms with Crippen LogP contribution in [0.3, 0.4) is 0 Å². The number of nitrogens with zero attached hydrogens (tertiary/aromatic N) is 1. The molecular weight excluding hydrogens is 400 g/mol. The molecule has 0 saturated carbocycles. The zero-order valence-electron chi connectivity index (χ0n) is 18.2. The number of hydrogen-bond donors (Lipinski definition) is 1. The van der Waals surface area contributed by atoms with Crippen LogP contribution in [-0.2, 0) is 9.53 Å². The van der Waals surface area contributed by atoms with Crippen LogP contribution in [0.25, 0.3) is 0 Å². The second-order valence-electron chi connectivity index (χ2n) is 7.47. The molecule has 0 aliphatic carbocycles. The topological polar surface area (TPSA) is 86.3 Å². The molecule has 2 amide bonds. The van der Waals surface area contributed by atoms with Crippen molar-refractivity contribution >= 4 is 17.7 Å². The van der Waals surface area contributed by atoms with Crippen molar-refractivity contribution in [3.63, 3.8) is 0 Å². The van der Waals surface area contributed by atoms with Crippen LogP contribution in [0.15, 0.2) is 42.5 Å². The van der Waals surface area contributed by atoms with E-state index in [1.807, 2.05) is 24.3 Å². The SMILES string of the molecule is COc1ccc(N2CC(CNC(=O)COc3ccc(C(C)C)cc3)OC2=O)cc1OC. The fraction of sp³-hybridized carbons (Fsp3) is 0.391. The summed E-state index contributed by atoms with van der Waals surface area (Å²) in [5.41, 5.74) is 1.84. The molecular formula is C23H28N2O6. The smallest absolute Gasteiger partial charge is 0.414 e. The van der Waals surface area contributed by atoms with Gasteiger partial charge in [-0.15, -0.1) is 0 Å². The fourth-order valence-electron chi connectivity index (χ4n) is 3.21. The average Bonchev–Trinajstić information content (AvgIpc) is 3.16. The number of amides is 2. The fourth-order valence-corrected chi connectivity index (χ4v) is 3.21. The average molecular weight is 428 g/mol. The number of ether oxygens (including phenoxy) is 4. The lowest BCUT2D eigenvalue weighted by molar-refractivity contribution is -0.123. The lowest BCUT2D eigenvalue weighted by atomic mass is 10.0. The number of carbonyl (C=O) groups excluding carboxylic acids is 2. The van der Waals surface area contributed by atoms with E-state index in [0.29, 0.717) is 35.4 Å². The van der Waals surface area contributed by atoms with Crippen LogP contribution in [0.4, 0.5) is 10.5 Å². The highest BCUT2D eigenvalue weighted by molar-refractivity contribution is 5.90. The Morgan fingerprint density at radius 3 is 2.48 bits per heavy atom. The monoisotopic (exact) mass is 428 g/mol. The molecule has 1 aliphatic heterocycles. The van der Waals surface area contributed by atoms with Crippen molar-refractivity contribution < 1.29 is 28.5 Å². The quantitative estimate of drug-likeness (QED) is 0.659. The van der Waals surface area contributed by atoms with Crippen molar-refractivity contribution in [3.05, 3.63) is 48.0 Å². The lowest BCUT2D eigenvalue weighted by Gasteiger charge is -2.16. The van der Waals surface area contributed by atoms with E-state index in [4.69, 9.17) is 18.9 Å². The summed E-state index contributed by atoms with van der Waals surface area (Å²) in [6, 6.07) is 12.9. The maximum Gasteiger partial charge on any atom is 0.414 e. The number of benzene rings is 2. The van der Waals surface area contributed by atoms with Gasteiger partial charge >= 0.3 is 6.09 Å². The number of anilines is 1. The van der Waals surface area contributed by atoms with E-state index in [1.54, 1.807) is 25.3 Å². The Morgan fingerprint density at radius 1 is 1.13 bits per heavy atom. The van der Waals surface area contributed by atoms with E-state index < -0.39 is 12.2 Å². The van der Waals surface area contributed by atoms with Gasteiger partial charge in [-0.2, -0.15) is 0 Å². The minimum Gasteiger partial charge on any atom is -0.493 e. The molecule has 1 aliphatic rings. The largest absolute Gasteiger partial charge is 0.493 e. The van der Waals surface area contributed by atoms with Gasteiger partial charge in [-0.3, -0.25) is 9.69 Å². The van der Waals surface area contributed by atoms with Crippen LogP contribution in [0.1, 0.15) is 25.3 Å². The number of carbonyl (C=O) groups is 2. The highest BCUT2D eigenvalue weighted by atomic mass is 16.6. The molecule has 8 nitrogen and oxygen atoms in total. The van der Waals surface area contributed by atoms with Gasteiger partial charge in [0.2, 0.25) is 0 Å². The minimum absolute atomic E-state index is 0.110. The predicted octanol–water partition coefficient (Wildman–Crippen LogP) is 3.35. The molecule has 0 radical (unpaired) electrons. The summed E-state index contributed by atoms with van der Waals surface area (Å²) in [5.74, 6) is 1.87. The van der Waals surface area contributed by atoms with Crippen LogP contribution in [0.2, 0.25) is 0 Å². The highest BCUT2D eigenvalue weighted by Gasteiger charge is 2.33. The number of hydrogen-bond acceptors (Lipinski definition) is 6. The molecule has 2 aromatic carbocycles. The molecule has 1 atom stereocenters. The summed E-state index contributed by atoms with van der Waals surface area (Å²) in [6.07, 6.45) is -0.942. The Hall–Kier alpha value is -3.42. The van der Waals surface area contributed by atoms with E-state index in [9.17, 15) is 9.59 Å². The van der Waals surface area contributed by atoms with E-state index in [1.165, 1.54) is 17.6 Å². The maximum absolute atomic E-state index is 12.3. The molecule has 3 rings (SSSR count). The van der Waals surface area contributed by atoms with E-state index in [0.717, 1.165) is 0 Å². The first kappa shape index (κ1) is 22.3. The van der Waals surface area contributed by atoms with Crippen molar-refractivity contribution in [2.45, 2.75) is 25.9 Å². The van der Waals surface area contributed by atoms with Crippen LogP contribution >= 0.6 is 0 Å². The molecule has 0 bridgehead atoms. The third-order valence-electron chi connectivity index (χ3n) is 5.00. The molecule has 1 saturated heterocycles. The summed E-state index contributed by atoms with van der Waals surface area (Å²) in [6.45, 7) is 4.63. The Morgan fingerprint density at radius 2 is 1.84 bits per heavy atom. The third kappa shape index (κ3) is 5.59. The van der Waals surface area contributed by atoms with Gasteiger partial charge in [-0.1, -0.05) is 26.0 Å². The van der Waals surface area contributed by atoms with Gasteiger partial charge in [-0.25, -0.2) is 4.79 Å². The van der Waals surface area contributed by atoms with Gasteiger partial charge in [0.1, 0.15) is 11.9 Å². The molecule has 1 unspecified atom stereocenters. The number of cyclic esters (lactones) is 1. The van der Waals surface area contributed by atoms with Crippen LogP contribution in [0.5, 0.6) is 17.2 Å².